The van der Waals surface area contributed by atoms with E-state index in [2.05, 4.69) is 0 Å². The highest BCUT2D eigenvalue weighted by Crippen LogP contribution is 2.31. The zero-order valence-electron chi connectivity index (χ0n) is 8.00. The van der Waals surface area contributed by atoms with Crippen LogP contribution in [0.25, 0.3) is 0 Å². The van der Waals surface area contributed by atoms with Crippen LogP contribution in [0.4, 0.5) is 4.39 Å². The summed E-state index contributed by atoms with van der Waals surface area (Å²) in [6, 6.07) is 2.67. The molecular weight excluding hydrogens is 187 g/mol. The maximum absolute atomic E-state index is 13.3. The molecule has 0 saturated heterocycles. The summed E-state index contributed by atoms with van der Waals surface area (Å²) < 4.78 is 18.2. The molecule has 0 saturated carbocycles. The van der Waals surface area contributed by atoms with Gasteiger partial charge in [-0.2, -0.15) is 0 Å². The lowest BCUT2D eigenvalue weighted by Crippen LogP contribution is -2.00. The molecule has 0 aliphatic carbocycles. The number of hydrogen-bond acceptors (Lipinski definition) is 3. The number of benzene rings is 1. The molecule has 1 aromatic carbocycles. The van der Waals surface area contributed by atoms with Gasteiger partial charge < -0.3 is 9.84 Å². The van der Waals surface area contributed by atoms with Crippen LogP contribution in [0.3, 0.4) is 0 Å². The van der Waals surface area contributed by atoms with Crippen molar-refractivity contribution < 1.29 is 19.0 Å². The van der Waals surface area contributed by atoms with Crippen LogP contribution in [0, 0.1) is 5.82 Å². The molecule has 0 heterocycles. The van der Waals surface area contributed by atoms with E-state index in [1.807, 2.05) is 0 Å². The fourth-order valence-corrected chi connectivity index (χ4v) is 1.09. The predicted molar refractivity (Wildman–Crippen MR) is 49.2 cm³/mol. The van der Waals surface area contributed by atoms with E-state index in [-0.39, 0.29) is 11.3 Å². The topological polar surface area (TPSA) is 46.5 Å². The van der Waals surface area contributed by atoms with E-state index in [1.165, 1.54) is 19.1 Å². The molecule has 0 unspecified atom stereocenters. The SMILES string of the molecule is CCOc1ccc(C(C)=O)c(F)c1O. The number of Topliss-reactive ketones (excluding diaryl/α,β-unsaturated/α-hetero) is 1. The average molecular weight is 198 g/mol. The first-order valence-electron chi connectivity index (χ1n) is 4.23. The first kappa shape index (κ1) is 10.5. The summed E-state index contributed by atoms with van der Waals surface area (Å²) >= 11 is 0. The van der Waals surface area contributed by atoms with E-state index in [9.17, 15) is 14.3 Å². The fourth-order valence-electron chi connectivity index (χ4n) is 1.09. The number of hydrogen-bond donors (Lipinski definition) is 1. The lowest BCUT2D eigenvalue weighted by molar-refractivity contribution is 0.101. The van der Waals surface area contributed by atoms with Gasteiger partial charge in [-0.3, -0.25) is 4.79 Å². The van der Waals surface area contributed by atoms with Gasteiger partial charge in [-0.1, -0.05) is 0 Å². The quantitative estimate of drug-likeness (QED) is 0.757. The van der Waals surface area contributed by atoms with Crippen LogP contribution in [-0.4, -0.2) is 17.5 Å². The Morgan fingerprint density at radius 2 is 2.21 bits per heavy atom. The summed E-state index contributed by atoms with van der Waals surface area (Å²) in [7, 11) is 0. The minimum absolute atomic E-state index is 0.0509. The number of rotatable bonds is 3. The van der Waals surface area contributed by atoms with E-state index in [1.54, 1.807) is 6.92 Å². The molecule has 0 aromatic heterocycles. The van der Waals surface area contributed by atoms with E-state index in [4.69, 9.17) is 4.74 Å². The van der Waals surface area contributed by atoms with Gasteiger partial charge in [-0.25, -0.2) is 4.39 Å². The molecule has 3 nitrogen and oxygen atoms in total. The number of aromatic hydroxyl groups is 1. The molecule has 76 valence electrons. The van der Waals surface area contributed by atoms with Crippen LogP contribution in [0.2, 0.25) is 0 Å². The highest BCUT2D eigenvalue weighted by Gasteiger charge is 2.15. The van der Waals surface area contributed by atoms with Crippen LogP contribution < -0.4 is 4.74 Å². The van der Waals surface area contributed by atoms with Crippen molar-refractivity contribution in [2.24, 2.45) is 0 Å². The molecule has 1 N–H and O–H groups in total. The summed E-state index contributed by atoms with van der Waals surface area (Å²) in [5, 5.41) is 9.31. The number of phenolic OH excluding ortho intramolecular Hbond substituents is 1. The third kappa shape index (κ3) is 1.84. The Kier molecular flexibility index (Phi) is 3.06. The normalized spacial score (nSPS) is 9.93. The third-order valence-electron chi connectivity index (χ3n) is 1.76. The Labute approximate surface area is 81.1 Å². The molecule has 4 heteroatoms. The molecule has 0 bridgehead atoms. The number of carbonyl (C=O) groups excluding carboxylic acids is 1. The average Bonchev–Trinajstić information content (AvgIpc) is 2.13. The largest absolute Gasteiger partial charge is 0.502 e. The fraction of sp³-hybridized carbons (Fsp3) is 0.300. The van der Waals surface area contributed by atoms with Crippen LogP contribution in [0.15, 0.2) is 12.1 Å². The van der Waals surface area contributed by atoms with E-state index < -0.39 is 17.3 Å². The predicted octanol–water partition coefficient (Wildman–Crippen LogP) is 2.13. The summed E-state index contributed by atoms with van der Waals surface area (Å²) in [4.78, 5) is 10.9. The van der Waals surface area contributed by atoms with Gasteiger partial charge in [0.1, 0.15) is 0 Å². The van der Waals surface area contributed by atoms with Crippen LogP contribution >= 0.6 is 0 Å². The summed E-state index contributed by atoms with van der Waals surface area (Å²) in [5.74, 6) is -1.92. The standard InChI is InChI=1S/C10H11FO3/c1-3-14-8-5-4-7(6(2)12)9(11)10(8)13/h4-5,13H,3H2,1-2H3. The minimum Gasteiger partial charge on any atom is -0.502 e. The Morgan fingerprint density at radius 3 is 2.71 bits per heavy atom. The molecule has 1 rings (SSSR count). The summed E-state index contributed by atoms with van der Waals surface area (Å²) in [6.07, 6.45) is 0. The zero-order chi connectivity index (χ0) is 10.7. The number of ether oxygens (including phenoxy) is 1. The Bertz CT molecular complexity index is 361. The number of phenols is 1. The Balaban J connectivity index is 3.19. The molecule has 0 radical (unpaired) electrons. The van der Waals surface area contributed by atoms with Gasteiger partial charge in [0.15, 0.2) is 23.1 Å². The molecule has 0 aliphatic rings. The maximum Gasteiger partial charge on any atom is 0.195 e. The van der Waals surface area contributed by atoms with E-state index >= 15 is 0 Å². The van der Waals surface area contributed by atoms with Gasteiger partial charge in [0.05, 0.1) is 12.2 Å². The monoisotopic (exact) mass is 198 g/mol. The molecule has 0 atom stereocenters. The smallest absolute Gasteiger partial charge is 0.195 e. The van der Waals surface area contributed by atoms with Crippen LogP contribution in [-0.2, 0) is 0 Å². The van der Waals surface area contributed by atoms with Crippen molar-refractivity contribution in [3.63, 3.8) is 0 Å². The molecule has 0 fully saturated rings. The van der Waals surface area contributed by atoms with Gasteiger partial charge in [0.25, 0.3) is 0 Å². The van der Waals surface area contributed by atoms with Crippen molar-refractivity contribution in [3.05, 3.63) is 23.5 Å². The van der Waals surface area contributed by atoms with Crippen molar-refractivity contribution in [2.75, 3.05) is 6.61 Å². The van der Waals surface area contributed by atoms with Gasteiger partial charge in [0.2, 0.25) is 0 Å². The molecule has 1 aromatic rings. The second kappa shape index (κ2) is 4.09. The lowest BCUT2D eigenvalue weighted by atomic mass is 10.1. The minimum atomic E-state index is -0.927. The van der Waals surface area contributed by atoms with Crippen molar-refractivity contribution in [2.45, 2.75) is 13.8 Å². The molecular formula is C10H11FO3. The summed E-state index contributed by atoms with van der Waals surface area (Å²) in [6.45, 7) is 3.28. The van der Waals surface area contributed by atoms with Crippen LogP contribution in [0.5, 0.6) is 11.5 Å². The van der Waals surface area contributed by atoms with Crippen molar-refractivity contribution in [3.8, 4) is 11.5 Å². The maximum atomic E-state index is 13.3. The second-order valence-corrected chi connectivity index (χ2v) is 2.76. The number of ketones is 1. The van der Waals surface area contributed by atoms with Crippen molar-refractivity contribution in [1.29, 1.82) is 0 Å². The number of carbonyl (C=O) groups is 1. The van der Waals surface area contributed by atoms with Crippen molar-refractivity contribution >= 4 is 5.78 Å². The molecule has 0 aliphatic heterocycles. The molecule has 14 heavy (non-hydrogen) atoms. The highest BCUT2D eigenvalue weighted by atomic mass is 19.1. The highest BCUT2D eigenvalue weighted by molar-refractivity contribution is 5.95. The first-order chi connectivity index (χ1) is 6.57. The van der Waals surface area contributed by atoms with E-state index in [0.29, 0.717) is 6.61 Å². The van der Waals surface area contributed by atoms with E-state index in [0.717, 1.165) is 0 Å². The lowest BCUT2D eigenvalue weighted by Gasteiger charge is -2.07. The summed E-state index contributed by atoms with van der Waals surface area (Å²) in [5.41, 5.74) is -0.133. The Morgan fingerprint density at radius 1 is 1.57 bits per heavy atom. The van der Waals surface area contributed by atoms with Gasteiger partial charge >= 0.3 is 0 Å². The Hall–Kier alpha value is -1.58. The van der Waals surface area contributed by atoms with Crippen LogP contribution in [0.1, 0.15) is 24.2 Å². The van der Waals surface area contributed by atoms with Gasteiger partial charge in [-0.15, -0.1) is 0 Å². The third-order valence-corrected chi connectivity index (χ3v) is 1.76. The van der Waals surface area contributed by atoms with Gasteiger partial charge in [0, 0.05) is 0 Å². The zero-order valence-corrected chi connectivity index (χ0v) is 8.00. The second-order valence-electron chi connectivity index (χ2n) is 2.76. The number of halogens is 1. The molecule has 0 amide bonds. The first-order valence-corrected chi connectivity index (χ1v) is 4.23. The van der Waals surface area contributed by atoms with Gasteiger partial charge in [-0.05, 0) is 26.0 Å². The molecule has 0 spiro atoms. The van der Waals surface area contributed by atoms with Crippen molar-refractivity contribution in [1.82, 2.24) is 0 Å².